The van der Waals surface area contributed by atoms with Gasteiger partial charge in [-0.15, -0.1) is 11.3 Å². The Balaban J connectivity index is 1.60. The molecule has 2 aromatic heterocycles. The molecule has 1 unspecified atom stereocenters. The molecule has 3 rings (SSSR count). The summed E-state index contributed by atoms with van der Waals surface area (Å²) in [6.45, 7) is 2.89. The number of hydrogen-bond donors (Lipinski definition) is 2. The van der Waals surface area contributed by atoms with E-state index in [1.54, 1.807) is 11.3 Å². The first-order chi connectivity index (χ1) is 11.3. The average molecular weight is 350 g/mol. The maximum absolute atomic E-state index is 12.1. The van der Waals surface area contributed by atoms with Crippen LogP contribution in [0.1, 0.15) is 37.3 Å². The number of anilines is 1. The lowest BCUT2D eigenvalue weighted by Gasteiger charge is -2.30. The van der Waals surface area contributed by atoms with Gasteiger partial charge in [0.25, 0.3) is 0 Å². The van der Waals surface area contributed by atoms with Crippen molar-refractivity contribution in [3.05, 3.63) is 39.9 Å². The quantitative estimate of drug-likeness (QED) is 0.832. The first-order valence-corrected chi connectivity index (χ1v) is 9.99. The van der Waals surface area contributed by atoms with Crippen LogP contribution in [0.3, 0.4) is 0 Å². The number of likely N-dealkylation sites (tertiary alicyclic amines) is 1. The SMILES string of the molecule is O=C(NCC(c1ccsc1)N1CCCCCC1)Nc1cccs1. The molecule has 0 aliphatic carbocycles. The summed E-state index contributed by atoms with van der Waals surface area (Å²) in [6.07, 6.45) is 5.14. The summed E-state index contributed by atoms with van der Waals surface area (Å²) in [7, 11) is 0. The Bertz CT molecular complexity index is 575. The van der Waals surface area contributed by atoms with E-state index in [1.165, 1.54) is 42.6 Å². The van der Waals surface area contributed by atoms with Crippen molar-refractivity contribution in [3.8, 4) is 0 Å². The van der Waals surface area contributed by atoms with Crippen molar-refractivity contribution in [2.75, 3.05) is 25.0 Å². The van der Waals surface area contributed by atoms with Crippen LogP contribution in [0.5, 0.6) is 0 Å². The molecule has 2 amide bonds. The summed E-state index contributed by atoms with van der Waals surface area (Å²) in [6, 6.07) is 6.18. The fourth-order valence-corrected chi connectivity index (χ4v) is 4.34. The highest BCUT2D eigenvalue weighted by molar-refractivity contribution is 7.14. The third kappa shape index (κ3) is 4.80. The minimum Gasteiger partial charge on any atom is -0.336 e. The van der Waals surface area contributed by atoms with Crippen molar-refractivity contribution < 1.29 is 4.79 Å². The molecule has 2 N–H and O–H groups in total. The van der Waals surface area contributed by atoms with Gasteiger partial charge in [-0.2, -0.15) is 11.3 Å². The lowest BCUT2D eigenvalue weighted by Crippen LogP contribution is -2.39. The number of hydrogen-bond acceptors (Lipinski definition) is 4. The number of nitrogens with zero attached hydrogens (tertiary/aromatic N) is 1. The van der Waals surface area contributed by atoms with Crippen LogP contribution in [0.15, 0.2) is 34.3 Å². The van der Waals surface area contributed by atoms with Gasteiger partial charge in [0.05, 0.1) is 11.0 Å². The van der Waals surface area contributed by atoms with Crippen LogP contribution in [-0.4, -0.2) is 30.6 Å². The number of rotatable bonds is 5. The Morgan fingerprint density at radius 3 is 2.65 bits per heavy atom. The zero-order chi connectivity index (χ0) is 15.9. The predicted molar refractivity (Wildman–Crippen MR) is 98.4 cm³/mol. The Kier molecular flexibility index (Phi) is 6.07. The molecule has 23 heavy (non-hydrogen) atoms. The zero-order valence-corrected chi connectivity index (χ0v) is 14.8. The van der Waals surface area contributed by atoms with E-state index in [9.17, 15) is 4.79 Å². The molecule has 0 spiro atoms. The van der Waals surface area contributed by atoms with Crippen LogP contribution in [-0.2, 0) is 0 Å². The van der Waals surface area contributed by atoms with E-state index in [4.69, 9.17) is 0 Å². The molecular weight excluding hydrogens is 326 g/mol. The van der Waals surface area contributed by atoms with Gasteiger partial charge in [0.1, 0.15) is 0 Å². The molecule has 1 fully saturated rings. The van der Waals surface area contributed by atoms with Crippen LogP contribution in [0.25, 0.3) is 0 Å². The molecule has 0 aromatic carbocycles. The summed E-state index contributed by atoms with van der Waals surface area (Å²) in [5.41, 5.74) is 1.31. The van der Waals surface area contributed by atoms with Gasteiger partial charge in [0.2, 0.25) is 0 Å². The van der Waals surface area contributed by atoms with E-state index < -0.39 is 0 Å². The number of thiophene rings is 2. The molecule has 1 aliphatic rings. The molecule has 4 nitrogen and oxygen atoms in total. The van der Waals surface area contributed by atoms with Gasteiger partial charge in [-0.3, -0.25) is 10.2 Å². The summed E-state index contributed by atoms with van der Waals surface area (Å²) in [5.74, 6) is 0. The van der Waals surface area contributed by atoms with Crippen molar-refractivity contribution in [2.45, 2.75) is 31.7 Å². The second kappa shape index (κ2) is 8.47. The van der Waals surface area contributed by atoms with E-state index in [1.807, 2.05) is 17.5 Å². The monoisotopic (exact) mass is 349 g/mol. The lowest BCUT2D eigenvalue weighted by atomic mass is 10.1. The van der Waals surface area contributed by atoms with Crippen molar-refractivity contribution >= 4 is 33.7 Å². The molecule has 124 valence electrons. The largest absolute Gasteiger partial charge is 0.336 e. The summed E-state index contributed by atoms with van der Waals surface area (Å²) >= 11 is 3.26. The number of carbonyl (C=O) groups is 1. The molecule has 6 heteroatoms. The van der Waals surface area contributed by atoms with Gasteiger partial charge < -0.3 is 5.32 Å². The highest BCUT2D eigenvalue weighted by Gasteiger charge is 2.22. The minimum atomic E-state index is -0.123. The zero-order valence-electron chi connectivity index (χ0n) is 13.2. The first-order valence-electron chi connectivity index (χ1n) is 8.17. The molecular formula is C17H23N3OS2. The molecule has 0 radical (unpaired) electrons. The highest BCUT2D eigenvalue weighted by atomic mass is 32.1. The van der Waals surface area contributed by atoms with Crippen LogP contribution >= 0.6 is 22.7 Å². The van der Waals surface area contributed by atoms with E-state index >= 15 is 0 Å². The fraction of sp³-hybridized carbons (Fsp3) is 0.471. The molecule has 1 atom stereocenters. The molecule has 0 bridgehead atoms. The van der Waals surface area contributed by atoms with E-state index in [0.717, 1.165) is 18.1 Å². The topological polar surface area (TPSA) is 44.4 Å². The number of nitrogens with one attached hydrogen (secondary N) is 2. The van der Waals surface area contributed by atoms with Crippen LogP contribution in [0.2, 0.25) is 0 Å². The Labute approximate surface area is 145 Å². The van der Waals surface area contributed by atoms with Crippen molar-refractivity contribution in [1.29, 1.82) is 0 Å². The number of carbonyl (C=O) groups excluding carboxylic acids is 1. The molecule has 0 saturated carbocycles. The van der Waals surface area contributed by atoms with E-state index in [-0.39, 0.29) is 12.1 Å². The summed E-state index contributed by atoms with van der Waals surface area (Å²) in [4.78, 5) is 14.6. The lowest BCUT2D eigenvalue weighted by molar-refractivity contribution is 0.199. The smallest absolute Gasteiger partial charge is 0.319 e. The van der Waals surface area contributed by atoms with E-state index in [0.29, 0.717) is 6.54 Å². The minimum absolute atomic E-state index is 0.123. The van der Waals surface area contributed by atoms with E-state index in [2.05, 4.69) is 32.4 Å². The normalized spacial score (nSPS) is 17.4. The average Bonchev–Trinajstić information content (AvgIpc) is 3.18. The standard InChI is InChI=1S/C17H23N3OS2/c21-17(19-16-6-5-10-23-16)18-12-15(14-7-11-22-13-14)20-8-3-1-2-4-9-20/h5-7,10-11,13,15H,1-4,8-9,12H2,(H2,18,19,21). The highest BCUT2D eigenvalue weighted by Crippen LogP contribution is 2.25. The van der Waals surface area contributed by atoms with Crippen molar-refractivity contribution in [3.63, 3.8) is 0 Å². The predicted octanol–water partition coefficient (Wildman–Crippen LogP) is 4.55. The van der Waals surface area contributed by atoms with Gasteiger partial charge in [-0.1, -0.05) is 12.8 Å². The van der Waals surface area contributed by atoms with Gasteiger partial charge in [0, 0.05) is 6.54 Å². The second-order valence-corrected chi connectivity index (χ2v) is 7.56. The van der Waals surface area contributed by atoms with Gasteiger partial charge in [0.15, 0.2) is 0 Å². The maximum Gasteiger partial charge on any atom is 0.319 e. The second-order valence-electron chi connectivity index (χ2n) is 5.83. The van der Waals surface area contributed by atoms with Gasteiger partial charge >= 0.3 is 6.03 Å². The number of urea groups is 1. The van der Waals surface area contributed by atoms with Gasteiger partial charge in [-0.25, -0.2) is 4.79 Å². The van der Waals surface area contributed by atoms with Crippen molar-refractivity contribution in [1.82, 2.24) is 10.2 Å². The third-order valence-corrected chi connectivity index (χ3v) is 5.71. The van der Waals surface area contributed by atoms with Crippen molar-refractivity contribution in [2.24, 2.45) is 0 Å². The fourth-order valence-electron chi connectivity index (χ4n) is 3.02. The van der Waals surface area contributed by atoms with Crippen LogP contribution in [0.4, 0.5) is 9.80 Å². The Morgan fingerprint density at radius 1 is 1.17 bits per heavy atom. The molecule has 1 saturated heterocycles. The Morgan fingerprint density at radius 2 is 2.00 bits per heavy atom. The summed E-state index contributed by atoms with van der Waals surface area (Å²) in [5, 5.41) is 13.1. The Hall–Kier alpha value is -1.37. The number of amides is 2. The summed E-state index contributed by atoms with van der Waals surface area (Å²) < 4.78 is 0. The molecule has 2 aromatic rings. The molecule has 1 aliphatic heterocycles. The van der Waals surface area contributed by atoms with Crippen LogP contribution < -0.4 is 10.6 Å². The van der Waals surface area contributed by atoms with Crippen LogP contribution in [0, 0.1) is 0 Å². The van der Waals surface area contributed by atoms with Gasteiger partial charge in [-0.05, 0) is 65.8 Å². The third-order valence-electron chi connectivity index (χ3n) is 4.22. The molecule has 3 heterocycles. The first kappa shape index (κ1) is 16.5. The maximum atomic E-state index is 12.1.